The molecule has 1 rings (SSSR count). The number of rotatable bonds is 19. The predicted octanol–water partition coefficient (Wildman–Crippen LogP) is 2.52. The number of halogens is 1. The van der Waals surface area contributed by atoms with Gasteiger partial charge in [-0.1, -0.05) is 69.3 Å². The average molecular weight is 734 g/mol. The molecule has 5 N–H and O–H groups in total. The molecule has 0 radical (unpaired) electrons. The van der Waals surface area contributed by atoms with Gasteiger partial charge in [-0.2, -0.15) is 0 Å². The normalized spacial score (nSPS) is 12.5. The molecule has 0 aliphatic rings. The number of carbonyl (C=O) groups excluding carboxylic acids is 5. The number of ether oxygens (including phenoxy) is 3. The second-order valence-corrected chi connectivity index (χ2v) is 12.4. The molecule has 0 aromatic heterocycles. The van der Waals surface area contributed by atoms with Crippen molar-refractivity contribution in [3.05, 3.63) is 29.8 Å². The van der Waals surface area contributed by atoms with Crippen LogP contribution in [0, 0.1) is 11.3 Å². The Kier molecular flexibility index (Phi) is 18.5. The molecule has 0 aliphatic carbocycles. The zero-order valence-corrected chi connectivity index (χ0v) is 28.7. The molecule has 0 saturated heterocycles. The van der Waals surface area contributed by atoms with Crippen molar-refractivity contribution in [3.8, 4) is 0 Å². The number of nitrogens with one attached hydrogen (secondary N) is 5. The number of carbonyl (C=O) groups is 5. The summed E-state index contributed by atoms with van der Waals surface area (Å²) in [5.74, 6) is -1.53. The van der Waals surface area contributed by atoms with E-state index in [2.05, 4.69) is 26.6 Å². The lowest BCUT2D eigenvalue weighted by Crippen LogP contribution is -2.53. The van der Waals surface area contributed by atoms with E-state index in [4.69, 9.17) is 14.2 Å². The Morgan fingerprint density at radius 1 is 0.818 bits per heavy atom. The monoisotopic (exact) mass is 733 g/mol. The van der Waals surface area contributed by atoms with Crippen LogP contribution in [-0.2, 0) is 40.0 Å². The number of benzene rings is 1. The number of alkyl carbamates (subject to hydrolysis) is 1. The van der Waals surface area contributed by atoms with E-state index in [1.165, 1.54) is 0 Å². The summed E-state index contributed by atoms with van der Waals surface area (Å²) in [5, 5.41) is 13.5. The smallest absolute Gasteiger partial charge is 0.407 e. The number of amides is 5. The number of anilines is 1. The van der Waals surface area contributed by atoms with Crippen LogP contribution in [0.5, 0.6) is 0 Å². The fourth-order valence-corrected chi connectivity index (χ4v) is 3.69. The highest BCUT2D eigenvalue weighted by Gasteiger charge is 2.27. The van der Waals surface area contributed by atoms with Crippen molar-refractivity contribution < 1.29 is 38.2 Å². The van der Waals surface area contributed by atoms with Gasteiger partial charge in [0.05, 0.1) is 30.9 Å². The van der Waals surface area contributed by atoms with Crippen LogP contribution in [0.4, 0.5) is 10.5 Å². The molecule has 13 nitrogen and oxygen atoms in total. The SMILES string of the molecule is CC(C)[C@H](NC(=O)CCOCCOCCNC(=O)CI)C(=O)N[C@@H](C)C(=O)Nc1ccc(COC(=O)NCC(C)(C)C)cc1. The summed E-state index contributed by atoms with van der Waals surface area (Å²) < 4.78 is 16.4. The van der Waals surface area contributed by atoms with Crippen LogP contribution in [0.1, 0.15) is 53.5 Å². The van der Waals surface area contributed by atoms with Gasteiger partial charge in [-0.05, 0) is 36.0 Å². The molecule has 0 spiro atoms. The maximum atomic E-state index is 12.9. The van der Waals surface area contributed by atoms with Gasteiger partial charge in [-0.3, -0.25) is 19.2 Å². The Labute approximate surface area is 273 Å². The van der Waals surface area contributed by atoms with Crippen LogP contribution in [0.2, 0.25) is 0 Å². The average Bonchev–Trinajstić information content (AvgIpc) is 2.96. The van der Waals surface area contributed by atoms with E-state index in [9.17, 15) is 24.0 Å². The van der Waals surface area contributed by atoms with Crippen molar-refractivity contribution >= 4 is 58.0 Å². The molecule has 0 heterocycles. The maximum Gasteiger partial charge on any atom is 0.407 e. The summed E-state index contributed by atoms with van der Waals surface area (Å²) in [4.78, 5) is 61.0. The van der Waals surface area contributed by atoms with Crippen LogP contribution >= 0.6 is 22.6 Å². The summed E-state index contributed by atoms with van der Waals surface area (Å²) in [6, 6.07) is 5.11. The molecule has 0 unspecified atom stereocenters. The van der Waals surface area contributed by atoms with Gasteiger partial charge in [0.25, 0.3) is 0 Å². The highest BCUT2D eigenvalue weighted by Crippen LogP contribution is 2.13. The van der Waals surface area contributed by atoms with Gasteiger partial charge in [0.2, 0.25) is 23.6 Å². The van der Waals surface area contributed by atoms with E-state index >= 15 is 0 Å². The van der Waals surface area contributed by atoms with Crippen molar-refractivity contribution in [2.24, 2.45) is 11.3 Å². The molecule has 0 fully saturated rings. The number of alkyl halides is 1. The molecule has 1 aromatic rings. The third-order valence-corrected chi connectivity index (χ3v) is 6.60. The first kappa shape index (κ1) is 39.0. The lowest BCUT2D eigenvalue weighted by Gasteiger charge is -2.24. The second kappa shape index (κ2) is 20.9. The topological polar surface area (TPSA) is 173 Å². The van der Waals surface area contributed by atoms with E-state index in [1.54, 1.807) is 45.0 Å². The Morgan fingerprint density at radius 2 is 1.45 bits per heavy atom. The molecule has 1 aromatic carbocycles. The van der Waals surface area contributed by atoms with Gasteiger partial charge >= 0.3 is 6.09 Å². The number of hydrogen-bond acceptors (Lipinski definition) is 8. The zero-order chi connectivity index (χ0) is 33.1. The molecule has 0 saturated carbocycles. The van der Waals surface area contributed by atoms with Gasteiger partial charge in [0.1, 0.15) is 18.7 Å². The van der Waals surface area contributed by atoms with Gasteiger partial charge in [-0.25, -0.2) is 4.79 Å². The summed E-state index contributed by atoms with van der Waals surface area (Å²) in [6.45, 7) is 13.3. The first-order valence-electron chi connectivity index (χ1n) is 14.6. The molecular formula is C30H48IN5O8. The minimum Gasteiger partial charge on any atom is -0.445 e. The largest absolute Gasteiger partial charge is 0.445 e. The van der Waals surface area contributed by atoms with Crippen molar-refractivity contribution in [2.45, 2.75) is 66.7 Å². The van der Waals surface area contributed by atoms with Crippen molar-refractivity contribution in [3.63, 3.8) is 0 Å². The molecule has 44 heavy (non-hydrogen) atoms. The van der Waals surface area contributed by atoms with Gasteiger partial charge in [-0.15, -0.1) is 0 Å². The molecule has 0 aliphatic heterocycles. The van der Waals surface area contributed by atoms with Crippen LogP contribution in [0.3, 0.4) is 0 Å². The zero-order valence-electron chi connectivity index (χ0n) is 26.5. The van der Waals surface area contributed by atoms with Gasteiger partial charge in [0, 0.05) is 25.2 Å². The van der Waals surface area contributed by atoms with E-state index < -0.39 is 30.0 Å². The van der Waals surface area contributed by atoms with Gasteiger partial charge < -0.3 is 40.8 Å². The minimum atomic E-state index is -0.867. The van der Waals surface area contributed by atoms with Crippen LogP contribution in [0.15, 0.2) is 24.3 Å². The highest BCUT2D eigenvalue weighted by atomic mass is 127. The lowest BCUT2D eigenvalue weighted by molar-refractivity contribution is -0.132. The van der Waals surface area contributed by atoms with Crippen LogP contribution in [-0.4, -0.2) is 85.8 Å². The molecule has 2 atom stereocenters. The first-order valence-corrected chi connectivity index (χ1v) is 16.1. The maximum absolute atomic E-state index is 12.9. The summed E-state index contributed by atoms with van der Waals surface area (Å²) in [6.07, 6.45) is -0.444. The standard InChI is InChI=1S/C30H48IN5O8/c1-20(2)26(36-24(37)11-13-42-15-16-43-14-12-32-25(38)17-31)28(40)34-21(3)27(39)35-23-9-7-22(8-10-23)18-44-29(41)33-19-30(4,5)6/h7-10,20-21,26H,11-19H2,1-6H3,(H,32,38)(H,33,41)(H,34,40)(H,35,39)(H,36,37)/t21-,26-/m0/s1. The number of hydrogen-bond donors (Lipinski definition) is 5. The molecule has 0 bridgehead atoms. The lowest BCUT2D eigenvalue weighted by atomic mass is 9.97. The van der Waals surface area contributed by atoms with Crippen LogP contribution < -0.4 is 26.6 Å². The fraction of sp³-hybridized carbons (Fsp3) is 0.633. The fourth-order valence-electron chi connectivity index (χ4n) is 3.42. The minimum absolute atomic E-state index is 0.0490. The molecular weight excluding hydrogens is 685 g/mol. The Bertz CT molecular complexity index is 1060. The summed E-state index contributed by atoms with van der Waals surface area (Å²) in [5.41, 5.74) is 1.21. The first-order chi connectivity index (χ1) is 20.7. The summed E-state index contributed by atoms with van der Waals surface area (Å²) >= 11 is 1.98. The predicted molar refractivity (Wildman–Crippen MR) is 175 cm³/mol. The van der Waals surface area contributed by atoms with Crippen molar-refractivity contribution in [2.75, 3.05) is 49.3 Å². The molecule has 5 amide bonds. The highest BCUT2D eigenvalue weighted by molar-refractivity contribution is 14.1. The van der Waals surface area contributed by atoms with E-state index in [-0.39, 0.29) is 42.8 Å². The van der Waals surface area contributed by atoms with Crippen molar-refractivity contribution in [1.82, 2.24) is 21.3 Å². The van der Waals surface area contributed by atoms with E-state index in [1.807, 2.05) is 43.4 Å². The third-order valence-electron chi connectivity index (χ3n) is 5.91. The van der Waals surface area contributed by atoms with Crippen molar-refractivity contribution in [1.29, 1.82) is 0 Å². The third kappa shape index (κ3) is 18.0. The molecule has 248 valence electrons. The second-order valence-electron chi connectivity index (χ2n) is 11.7. The molecule has 14 heteroatoms. The van der Waals surface area contributed by atoms with E-state index in [0.29, 0.717) is 43.0 Å². The quantitative estimate of drug-likeness (QED) is 0.0820. The van der Waals surface area contributed by atoms with E-state index in [0.717, 1.165) is 5.56 Å². The Balaban J connectivity index is 2.40. The Hall–Kier alpha value is -2.98. The Morgan fingerprint density at radius 3 is 2.05 bits per heavy atom. The summed E-state index contributed by atoms with van der Waals surface area (Å²) in [7, 11) is 0. The van der Waals surface area contributed by atoms with Crippen LogP contribution in [0.25, 0.3) is 0 Å². The van der Waals surface area contributed by atoms with Gasteiger partial charge in [0.15, 0.2) is 0 Å².